The van der Waals surface area contributed by atoms with E-state index in [-0.39, 0.29) is 12.3 Å². The molecule has 0 saturated heterocycles. The Morgan fingerprint density at radius 2 is 1.74 bits per heavy atom. The van der Waals surface area contributed by atoms with Gasteiger partial charge < -0.3 is 10.6 Å². The van der Waals surface area contributed by atoms with E-state index in [1.807, 2.05) is 60.7 Å². The number of anilines is 2. The van der Waals surface area contributed by atoms with Gasteiger partial charge in [-0.15, -0.1) is 0 Å². The van der Waals surface area contributed by atoms with Crippen molar-refractivity contribution in [2.75, 3.05) is 16.5 Å². The third-order valence-electron chi connectivity index (χ3n) is 4.55. The molecule has 0 radical (unpaired) electrons. The zero-order valence-corrected chi connectivity index (χ0v) is 15.4. The first-order valence-corrected chi connectivity index (χ1v) is 9.19. The van der Waals surface area contributed by atoms with Gasteiger partial charge in [-0.25, -0.2) is 0 Å². The molecule has 2 N–H and O–H groups in total. The number of carbonyl (C=O) groups excluding carboxylic acids is 2. The van der Waals surface area contributed by atoms with Gasteiger partial charge in [-0.3, -0.25) is 14.6 Å². The first-order chi connectivity index (χ1) is 13.1. The third-order valence-corrected chi connectivity index (χ3v) is 4.55. The van der Waals surface area contributed by atoms with E-state index >= 15 is 0 Å². The smallest absolute Gasteiger partial charge is 0.274 e. The average molecular weight is 364 g/mol. The quantitative estimate of drug-likeness (QED) is 0.820. The summed E-state index contributed by atoms with van der Waals surface area (Å²) in [5.74, 6) is -0.676. The Morgan fingerprint density at radius 1 is 1.11 bits per heavy atom. The Hall–Kier alpha value is -3.15. The van der Waals surface area contributed by atoms with Crippen LogP contribution >= 0.6 is 0 Å². The van der Waals surface area contributed by atoms with E-state index in [4.69, 9.17) is 5.73 Å². The van der Waals surface area contributed by atoms with Crippen molar-refractivity contribution < 1.29 is 9.59 Å². The van der Waals surface area contributed by atoms with Crippen molar-refractivity contribution in [2.24, 2.45) is 10.8 Å². The zero-order chi connectivity index (χ0) is 19.2. The molecule has 6 nitrogen and oxygen atoms in total. The molecule has 0 aromatic heterocycles. The summed E-state index contributed by atoms with van der Waals surface area (Å²) in [7, 11) is 0. The van der Waals surface area contributed by atoms with Crippen LogP contribution in [0, 0.1) is 0 Å². The van der Waals surface area contributed by atoms with Crippen molar-refractivity contribution in [3.63, 3.8) is 0 Å². The molecule has 1 unspecified atom stereocenters. The van der Waals surface area contributed by atoms with Gasteiger partial charge in [-0.1, -0.05) is 49.7 Å². The number of hydrazone groups is 1. The maximum Gasteiger partial charge on any atom is 0.274 e. The highest BCUT2D eigenvalue weighted by molar-refractivity contribution is 6.45. The molecule has 2 amide bonds. The Morgan fingerprint density at radius 3 is 2.33 bits per heavy atom. The maximum absolute atomic E-state index is 13.2. The highest BCUT2D eigenvalue weighted by Crippen LogP contribution is 2.26. The van der Waals surface area contributed by atoms with E-state index in [2.05, 4.69) is 12.0 Å². The van der Waals surface area contributed by atoms with Crippen LogP contribution in [0.2, 0.25) is 0 Å². The first kappa shape index (κ1) is 18.6. The van der Waals surface area contributed by atoms with E-state index in [9.17, 15) is 9.59 Å². The minimum Gasteiger partial charge on any atom is -0.368 e. The molecule has 27 heavy (non-hydrogen) atoms. The molecule has 0 spiro atoms. The van der Waals surface area contributed by atoms with Crippen LogP contribution in [0.1, 0.15) is 26.2 Å². The molecule has 0 fully saturated rings. The largest absolute Gasteiger partial charge is 0.368 e. The monoisotopic (exact) mass is 364 g/mol. The molecular formula is C21H24N4O2. The molecule has 2 aromatic carbocycles. The molecular weight excluding hydrogens is 340 g/mol. The van der Waals surface area contributed by atoms with Crippen LogP contribution in [0.4, 0.5) is 11.4 Å². The Bertz CT molecular complexity index is 821. The van der Waals surface area contributed by atoms with Crippen LogP contribution in [-0.2, 0) is 9.59 Å². The summed E-state index contributed by atoms with van der Waals surface area (Å²) < 4.78 is 0. The molecule has 1 heterocycles. The van der Waals surface area contributed by atoms with Gasteiger partial charge in [0.15, 0.2) is 0 Å². The van der Waals surface area contributed by atoms with Crippen molar-refractivity contribution in [2.45, 2.75) is 32.2 Å². The van der Waals surface area contributed by atoms with Crippen molar-refractivity contribution >= 4 is 28.9 Å². The lowest BCUT2D eigenvalue weighted by Crippen LogP contribution is -2.40. The van der Waals surface area contributed by atoms with E-state index in [1.165, 1.54) is 0 Å². The summed E-state index contributed by atoms with van der Waals surface area (Å²) in [6.45, 7) is 2.69. The fraction of sp³-hybridized carbons (Fsp3) is 0.286. The van der Waals surface area contributed by atoms with Gasteiger partial charge in [0, 0.05) is 18.7 Å². The lowest BCUT2D eigenvalue weighted by atomic mass is 10.1. The van der Waals surface area contributed by atoms with Crippen molar-refractivity contribution in [1.29, 1.82) is 0 Å². The molecule has 0 aliphatic carbocycles. The summed E-state index contributed by atoms with van der Waals surface area (Å²) in [5.41, 5.74) is 7.49. The van der Waals surface area contributed by atoms with E-state index in [0.29, 0.717) is 12.3 Å². The van der Waals surface area contributed by atoms with Crippen molar-refractivity contribution in [1.82, 2.24) is 0 Å². The normalized spacial score (nSPS) is 16.1. The number of para-hydroxylation sites is 2. The molecule has 3 rings (SSSR count). The van der Waals surface area contributed by atoms with Gasteiger partial charge in [-0.2, -0.15) is 5.10 Å². The average Bonchev–Trinajstić information content (AvgIpc) is 3.15. The number of nitrogens with zero attached hydrogens (tertiary/aromatic N) is 3. The standard InChI is InChI=1S/C21H24N4O2/c1-2-3-14-24(16-10-6-4-7-11-16)21(27)18-15-19(20(22)26)25(23-18)17-12-8-5-9-13-17/h4-13,19H,2-3,14-15H2,1H3,(H2,22,26). The van der Waals surface area contributed by atoms with Crippen LogP contribution in [0.25, 0.3) is 0 Å². The van der Waals surface area contributed by atoms with Gasteiger partial charge in [0.25, 0.3) is 5.91 Å². The molecule has 6 heteroatoms. The predicted molar refractivity (Wildman–Crippen MR) is 108 cm³/mol. The summed E-state index contributed by atoms with van der Waals surface area (Å²) in [6, 6.07) is 18.2. The Balaban J connectivity index is 1.90. The maximum atomic E-state index is 13.2. The van der Waals surface area contributed by atoms with Crippen LogP contribution < -0.4 is 15.6 Å². The van der Waals surface area contributed by atoms with Gasteiger partial charge in [-0.05, 0) is 30.7 Å². The Labute approximate surface area is 159 Å². The summed E-state index contributed by atoms with van der Waals surface area (Å²) in [6.07, 6.45) is 2.07. The number of hydrogen-bond donors (Lipinski definition) is 1. The molecule has 1 aliphatic rings. The van der Waals surface area contributed by atoms with Crippen LogP contribution in [0.3, 0.4) is 0 Å². The van der Waals surface area contributed by atoms with Crippen molar-refractivity contribution in [3.8, 4) is 0 Å². The topological polar surface area (TPSA) is 79.0 Å². The summed E-state index contributed by atoms with van der Waals surface area (Å²) in [4.78, 5) is 26.9. The van der Waals surface area contributed by atoms with Gasteiger partial charge in [0.1, 0.15) is 11.8 Å². The number of primary amides is 1. The fourth-order valence-electron chi connectivity index (χ4n) is 3.11. The second-order valence-electron chi connectivity index (χ2n) is 6.49. The molecule has 2 aromatic rings. The number of amides is 2. The van der Waals surface area contributed by atoms with Gasteiger partial charge >= 0.3 is 0 Å². The van der Waals surface area contributed by atoms with Crippen LogP contribution in [-0.4, -0.2) is 30.1 Å². The Kier molecular flexibility index (Phi) is 5.86. The van der Waals surface area contributed by atoms with E-state index in [1.54, 1.807) is 9.91 Å². The number of hydrogen-bond acceptors (Lipinski definition) is 4. The zero-order valence-electron chi connectivity index (χ0n) is 15.4. The number of nitrogens with two attached hydrogens (primary N) is 1. The van der Waals surface area contributed by atoms with Gasteiger partial charge in [0.05, 0.1) is 5.69 Å². The van der Waals surface area contributed by atoms with Crippen molar-refractivity contribution in [3.05, 3.63) is 60.7 Å². The molecule has 1 aliphatic heterocycles. The van der Waals surface area contributed by atoms with E-state index < -0.39 is 11.9 Å². The van der Waals surface area contributed by atoms with E-state index in [0.717, 1.165) is 24.2 Å². The summed E-state index contributed by atoms with van der Waals surface area (Å²) >= 11 is 0. The highest BCUT2D eigenvalue weighted by atomic mass is 16.2. The highest BCUT2D eigenvalue weighted by Gasteiger charge is 2.36. The lowest BCUT2D eigenvalue weighted by molar-refractivity contribution is -0.119. The minimum absolute atomic E-state index is 0.181. The number of rotatable bonds is 7. The second-order valence-corrected chi connectivity index (χ2v) is 6.49. The molecule has 140 valence electrons. The van der Waals surface area contributed by atoms with Crippen LogP contribution in [0.5, 0.6) is 0 Å². The number of unbranched alkanes of at least 4 members (excludes halogenated alkanes) is 1. The predicted octanol–water partition coefficient (Wildman–Crippen LogP) is 2.94. The fourth-order valence-corrected chi connectivity index (χ4v) is 3.11. The second kappa shape index (κ2) is 8.49. The lowest BCUT2D eigenvalue weighted by Gasteiger charge is -2.22. The number of carbonyl (C=O) groups is 2. The summed E-state index contributed by atoms with van der Waals surface area (Å²) in [5, 5.41) is 6.03. The molecule has 1 atom stereocenters. The van der Waals surface area contributed by atoms with Crippen LogP contribution in [0.15, 0.2) is 65.8 Å². The van der Waals surface area contributed by atoms with Gasteiger partial charge in [0.2, 0.25) is 5.91 Å². The molecule has 0 bridgehead atoms. The third kappa shape index (κ3) is 4.16. The number of benzene rings is 2. The molecule has 0 saturated carbocycles. The SMILES string of the molecule is CCCCN(C(=O)C1=NN(c2ccccc2)C(C(N)=O)C1)c1ccccc1. The minimum atomic E-state index is -0.657. The first-order valence-electron chi connectivity index (χ1n) is 9.19.